The second kappa shape index (κ2) is 8.73. The number of nitrogens with zero attached hydrogens (tertiary/aromatic N) is 3. The summed E-state index contributed by atoms with van der Waals surface area (Å²) >= 11 is 0. The van der Waals surface area contributed by atoms with Gasteiger partial charge in [0.05, 0.1) is 23.9 Å². The Morgan fingerprint density at radius 3 is 2.70 bits per heavy atom. The van der Waals surface area contributed by atoms with Crippen LogP contribution in [0, 0.1) is 0 Å². The van der Waals surface area contributed by atoms with E-state index in [0.717, 1.165) is 34.6 Å². The Bertz CT molecular complexity index is 942. The Balaban J connectivity index is 2.06. The fourth-order valence-electron chi connectivity index (χ4n) is 3.55. The van der Waals surface area contributed by atoms with E-state index in [0.29, 0.717) is 19.5 Å². The highest BCUT2D eigenvalue weighted by Crippen LogP contribution is 2.39. The summed E-state index contributed by atoms with van der Waals surface area (Å²) in [7, 11) is 0. The van der Waals surface area contributed by atoms with Gasteiger partial charge in [0.15, 0.2) is 0 Å². The highest BCUT2D eigenvalue weighted by molar-refractivity contribution is 6.00. The largest absolute Gasteiger partial charge is 0.443 e. The number of amides is 2. The highest BCUT2D eigenvalue weighted by atomic mass is 16.6. The number of hydrogen-bond donors (Lipinski definition) is 1. The van der Waals surface area contributed by atoms with E-state index in [1.54, 1.807) is 29.2 Å². The molecule has 0 fully saturated rings. The molecule has 1 aromatic carbocycles. The third-order valence-corrected chi connectivity index (χ3v) is 4.82. The summed E-state index contributed by atoms with van der Waals surface area (Å²) < 4.78 is 5.62. The zero-order chi connectivity index (χ0) is 21.9. The molecule has 1 N–H and O–H groups in total. The van der Waals surface area contributed by atoms with Crippen molar-refractivity contribution in [1.29, 1.82) is 0 Å². The van der Waals surface area contributed by atoms with Gasteiger partial charge in [-0.05, 0) is 63.5 Å². The zero-order valence-corrected chi connectivity index (χ0v) is 18.4. The number of aromatic nitrogens is 2. The third-order valence-electron chi connectivity index (χ3n) is 4.82. The van der Waals surface area contributed by atoms with Crippen LogP contribution in [0.4, 0.5) is 16.2 Å². The van der Waals surface area contributed by atoms with E-state index in [4.69, 9.17) is 4.74 Å². The molecule has 7 heteroatoms. The van der Waals surface area contributed by atoms with Gasteiger partial charge in [-0.1, -0.05) is 6.92 Å². The van der Waals surface area contributed by atoms with E-state index >= 15 is 0 Å². The van der Waals surface area contributed by atoms with E-state index in [1.807, 2.05) is 52.0 Å². The van der Waals surface area contributed by atoms with Crippen molar-refractivity contribution in [3.05, 3.63) is 42.0 Å². The van der Waals surface area contributed by atoms with Crippen LogP contribution in [0.1, 0.15) is 58.7 Å². The maximum absolute atomic E-state index is 12.8. The summed E-state index contributed by atoms with van der Waals surface area (Å²) in [6.07, 6.45) is 6.60. The number of anilines is 2. The van der Waals surface area contributed by atoms with E-state index in [2.05, 4.69) is 9.97 Å². The molecule has 0 saturated carbocycles. The van der Waals surface area contributed by atoms with Gasteiger partial charge in [-0.15, -0.1) is 0 Å². The summed E-state index contributed by atoms with van der Waals surface area (Å²) in [5, 5.41) is 0. The number of carbonyl (C=O) groups is 2. The van der Waals surface area contributed by atoms with E-state index in [9.17, 15) is 9.59 Å². The first-order chi connectivity index (χ1) is 14.2. The van der Waals surface area contributed by atoms with Crippen molar-refractivity contribution in [2.24, 2.45) is 0 Å². The van der Waals surface area contributed by atoms with E-state index in [1.165, 1.54) is 0 Å². The van der Waals surface area contributed by atoms with Crippen LogP contribution in [0.25, 0.3) is 11.6 Å². The number of fused-ring (bicyclic) bond motifs is 1. The van der Waals surface area contributed by atoms with Crippen LogP contribution >= 0.6 is 0 Å². The monoisotopic (exact) mass is 410 g/mol. The van der Waals surface area contributed by atoms with Gasteiger partial charge in [0.2, 0.25) is 5.91 Å². The number of hydrogen-bond acceptors (Lipinski definition) is 4. The lowest BCUT2D eigenvalue weighted by atomic mass is 9.94. The minimum atomic E-state index is -0.574. The van der Waals surface area contributed by atoms with Crippen LogP contribution in [0.3, 0.4) is 0 Å². The molecule has 30 heavy (non-hydrogen) atoms. The molecule has 3 rings (SSSR count). The molecule has 0 spiro atoms. The zero-order valence-electron chi connectivity index (χ0n) is 18.4. The summed E-state index contributed by atoms with van der Waals surface area (Å²) in [6, 6.07) is 5.79. The number of carbonyl (C=O) groups excluding carboxylic acids is 2. The average Bonchev–Trinajstić information content (AvgIpc) is 3.17. The highest BCUT2D eigenvalue weighted by Gasteiger charge is 2.30. The van der Waals surface area contributed by atoms with Crippen molar-refractivity contribution in [1.82, 2.24) is 9.97 Å². The molecule has 2 aromatic rings. The van der Waals surface area contributed by atoms with Crippen molar-refractivity contribution in [2.45, 2.75) is 53.1 Å². The average molecular weight is 411 g/mol. The SMILES string of the molecule is CCCN(C(C)=O)c1ccc2c(c1)/C(=C/c1cnc[nH]1)CCN2C(=O)OC(C)(C)C. The molecule has 0 aliphatic carbocycles. The Morgan fingerprint density at radius 1 is 1.33 bits per heavy atom. The van der Waals surface area contributed by atoms with Crippen molar-refractivity contribution < 1.29 is 14.3 Å². The Labute approximate surface area is 177 Å². The van der Waals surface area contributed by atoms with E-state index < -0.39 is 5.60 Å². The summed E-state index contributed by atoms with van der Waals surface area (Å²) in [5.74, 6) is -0.00398. The second-order valence-corrected chi connectivity index (χ2v) is 8.43. The van der Waals surface area contributed by atoms with Gasteiger partial charge in [0.1, 0.15) is 5.60 Å². The third kappa shape index (κ3) is 4.90. The molecule has 1 aromatic heterocycles. The first kappa shape index (κ1) is 21.6. The molecule has 0 saturated heterocycles. The molecule has 2 heterocycles. The van der Waals surface area contributed by atoms with Gasteiger partial charge in [-0.2, -0.15) is 0 Å². The molecule has 2 amide bonds. The lowest BCUT2D eigenvalue weighted by Crippen LogP contribution is -2.39. The number of imidazole rings is 1. The molecular formula is C23H30N4O3. The maximum atomic E-state index is 12.8. The number of H-pyrrole nitrogens is 1. The van der Waals surface area contributed by atoms with Crippen LogP contribution in [-0.2, 0) is 9.53 Å². The minimum absolute atomic E-state index is 0.00398. The summed E-state index contributed by atoms with van der Waals surface area (Å²) in [6.45, 7) is 10.4. The Kier molecular flexibility index (Phi) is 6.29. The Hall–Kier alpha value is -3.09. The fraction of sp³-hybridized carbons (Fsp3) is 0.435. The van der Waals surface area contributed by atoms with Crippen molar-refractivity contribution >= 4 is 35.0 Å². The molecular weight excluding hydrogens is 380 g/mol. The smallest absolute Gasteiger partial charge is 0.414 e. The maximum Gasteiger partial charge on any atom is 0.414 e. The Morgan fingerprint density at radius 2 is 2.10 bits per heavy atom. The predicted octanol–water partition coefficient (Wildman–Crippen LogP) is 4.86. The number of aromatic amines is 1. The number of nitrogens with one attached hydrogen (secondary N) is 1. The molecule has 160 valence electrons. The molecule has 0 unspecified atom stereocenters. The van der Waals surface area contributed by atoms with E-state index in [-0.39, 0.29) is 12.0 Å². The first-order valence-corrected chi connectivity index (χ1v) is 10.3. The molecule has 7 nitrogen and oxygen atoms in total. The van der Waals surface area contributed by atoms with Gasteiger partial charge in [-0.3, -0.25) is 9.69 Å². The van der Waals surface area contributed by atoms with Crippen LogP contribution < -0.4 is 9.80 Å². The van der Waals surface area contributed by atoms with Crippen LogP contribution in [0.15, 0.2) is 30.7 Å². The van der Waals surface area contributed by atoms with Gasteiger partial charge in [0, 0.05) is 31.3 Å². The number of rotatable bonds is 4. The number of ether oxygens (including phenoxy) is 1. The van der Waals surface area contributed by atoms with Crippen LogP contribution in [-0.4, -0.2) is 40.7 Å². The number of benzene rings is 1. The molecule has 1 aliphatic heterocycles. The topological polar surface area (TPSA) is 78.5 Å². The quantitative estimate of drug-likeness (QED) is 0.781. The van der Waals surface area contributed by atoms with Crippen molar-refractivity contribution in [3.8, 4) is 0 Å². The summed E-state index contributed by atoms with van der Waals surface area (Å²) in [5.41, 5.74) is 3.92. The molecule has 0 atom stereocenters. The van der Waals surface area contributed by atoms with Gasteiger partial charge >= 0.3 is 6.09 Å². The summed E-state index contributed by atoms with van der Waals surface area (Å²) in [4.78, 5) is 35.6. The molecule has 0 bridgehead atoms. The predicted molar refractivity (Wildman–Crippen MR) is 119 cm³/mol. The van der Waals surface area contributed by atoms with Crippen molar-refractivity contribution in [3.63, 3.8) is 0 Å². The van der Waals surface area contributed by atoms with Crippen LogP contribution in [0.2, 0.25) is 0 Å². The fourth-order valence-corrected chi connectivity index (χ4v) is 3.55. The van der Waals surface area contributed by atoms with Crippen molar-refractivity contribution in [2.75, 3.05) is 22.9 Å². The van der Waals surface area contributed by atoms with Gasteiger partial charge < -0.3 is 14.6 Å². The standard InChI is InChI=1S/C23H30N4O3/c1-6-10-26(16(2)28)19-7-8-21-20(13-19)17(12-18-14-24-15-25-18)9-11-27(21)22(29)30-23(3,4)5/h7-8,12-15H,6,9-11H2,1-5H3,(H,24,25)/b17-12+. The lowest BCUT2D eigenvalue weighted by Gasteiger charge is -2.33. The molecule has 1 aliphatic rings. The minimum Gasteiger partial charge on any atom is -0.443 e. The first-order valence-electron chi connectivity index (χ1n) is 10.3. The second-order valence-electron chi connectivity index (χ2n) is 8.43. The van der Waals surface area contributed by atoms with Crippen LogP contribution in [0.5, 0.6) is 0 Å². The van der Waals surface area contributed by atoms with Gasteiger partial charge in [0.25, 0.3) is 0 Å². The lowest BCUT2D eigenvalue weighted by molar-refractivity contribution is -0.116. The van der Waals surface area contributed by atoms with Gasteiger partial charge in [-0.25, -0.2) is 9.78 Å². The normalized spacial score (nSPS) is 15.1. The molecule has 0 radical (unpaired) electrons.